The number of hydrogen-bond acceptors (Lipinski definition) is 5. The van der Waals surface area contributed by atoms with E-state index in [0.29, 0.717) is 22.4 Å². The molecular formula is C12H18N4OS. The van der Waals surface area contributed by atoms with Gasteiger partial charge < -0.3 is 16.4 Å². The third-order valence-corrected chi connectivity index (χ3v) is 4.03. The van der Waals surface area contributed by atoms with E-state index in [0.717, 1.165) is 6.42 Å². The summed E-state index contributed by atoms with van der Waals surface area (Å²) in [6.07, 6.45) is 6.80. The maximum Gasteiger partial charge on any atom is 0.265 e. The summed E-state index contributed by atoms with van der Waals surface area (Å²) in [5.41, 5.74) is 7.15. The van der Waals surface area contributed by atoms with Crippen molar-refractivity contribution in [1.29, 1.82) is 0 Å². The fraction of sp³-hybridized carbons (Fsp3) is 0.500. The zero-order valence-electron chi connectivity index (χ0n) is 10.5. The van der Waals surface area contributed by atoms with Crippen molar-refractivity contribution in [2.45, 2.75) is 25.7 Å². The van der Waals surface area contributed by atoms with Crippen molar-refractivity contribution in [3.8, 4) is 0 Å². The molecule has 0 radical (unpaired) electrons. The molecule has 0 aromatic carbocycles. The summed E-state index contributed by atoms with van der Waals surface area (Å²) in [4.78, 5) is 16.4. The predicted molar refractivity (Wildman–Crippen MR) is 75.0 cm³/mol. The van der Waals surface area contributed by atoms with Crippen LogP contribution in [0.4, 0.5) is 10.9 Å². The highest BCUT2D eigenvalue weighted by atomic mass is 32.1. The number of nitrogens with one attached hydrogen (secondary N) is 2. The van der Waals surface area contributed by atoms with Crippen molar-refractivity contribution in [1.82, 2.24) is 10.3 Å². The second kappa shape index (κ2) is 5.86. The molecule has 0 spiro atoms. The molecule has 1 heterocycles. The van der Waals surface area contributed by atoms with Gasteiger partial charge in [0.15, 0.2) is 5.13 Å². The van der Waals surface area contributed by atoms with E-state index in [9.17, 15) is 4.79 Å². The van der Waals surface area contributed by atoms with Crippen LogP contribution in [0.5, 0.6) is 0 Å². The number of anilines is 2. The van der Waals surface area contributed by atoms with Gasteiger partial charge in [-0.05, 0) is 25.7 Å². The molecule has 0 saturated carbocycles. The number of aromatic nitrogens is 1. The molecule has 1 amide bonds. The minimum Gasteiger partial charge on any atom is -0.382 e. The molecular weight excluding hydrogens is 248 g/mol. The summed E-state index contributed by atoms with van der Waals surface area (Å²) in [6.45, 7) is 0.664. The van der Waals surface area contributed by atoms with Crippen LogP contribution in [0.25, 0.3) is 0 Å². The lowest BCUT2D eigenvalue weighted by Gasteiger charge is -2.04. The lowest BCUT2D eigenvalue weighted by Crippen LogP contribution is -2.24. The number of allylic oxidation sites excluding steroid dienone is 1. The van der Waals surface area contributed by atoms with Gasteiger partial charge in [-0.3, -0.25) is 4.79 Å². The summed E-state index contributed by atoms with van der Waals surface area (Å²) < 4.78 is 0. The first-order chi connectivity index (χ1) is 8.70. The maximum absolute atomic E-state index is 11.9. The van der Waals surface area contributed by atoms with E-state index in [4.69, 9.17) is 5.73 Å². The number of hydrogen-bond donors (Lipinski definition) is 3. The Morgan fingerprint density at radius 3 is 3.06 bits per heavy atom. The van der Waals surface area contributed by atoms with Gasteiger partial charge in [-0.25, -0.2) is 4.98 Å². The van der Waals surface area contributed by atoms with Gasteiger partial charge in [0.2, 0.25) is 0 Å². The van der Waals surface area contributed by atoms with E-state index in [1.807, 2.05) is 0 Å². The number of thiazole rings is 1. The molecule has 6 heteroatoms. The van der Waals surface area contributed by atoms with Gasteiger partial charge in [-0.15, -0.1) is 0 Å². The largest absolute Gasteiger partial charge is 0.382 e. The molecule has 0 saturated heterocycles. The molecule has 0 unspecified atom stereocenters. The summed E-state index contributed by atoms with van der Waals surface area (Å²) in [5.74, 6) is 0.159. The lowest BCUT2D eigenvalue weighted by molar-refractivity contribution is 0.0959. The predicted octanol–water partition coefficient (Wildman–Crippen LogP) is 2.00. The van der Waals surface area contributed by atoms with Crippen LogP contribution in [0.15, 0.2) is 11.6 Å². The topological polar surface area (TPSA) is 80.0 Å². The summed E-state index contributed by atoms with van der Waals surface area (Å²) in [7, 11) is 1.76. The van der Waals surface area contributed by atoms with Crippen molar-refractivity contribution in [2.24, 2.45) is 0 Å². The molecule has 0 aliphatic heterocycles. The van der Waals surface area contributed by atoms with Crippen LogP contribution in [0.1, 0.15) is 35.4 Å². The minimum absolute atomic E-state index is 0.134. The smallest absolute Gasteiger partial charge is 0.265 e. The Labute approximate surface area is 110 Å². The first kappa shape index (κ1) is 12.9. The third kappa shape index (κ3) is 3.01. The molecule has 1 aliphatic rings. The molecule has 0 fully saturated rings. The molecule has 98 valence electrons. The third-order valence-electron chi connectivity index (χ3n) is 2.94. The van der Waals surface area contributed by atoms with Gasteiger partial charge in [-0.2, -0.15) is 0 Å². The quantitative estimate of drug-likeness (QED) is 0.712. The SMILES string of the molecule is CNc1nc(N)c(C(=O)NCCC2=CCCC2)s1. The molecule has 4 N–H and O–H groups in total. The molecule has 0 bridgehead atoms. The number of carbonyl (C=O) groups excluding carboxylic acids is 1. The first-order valence-corrected chi connectivity index (χ1v) is 6.92. The average molecular weight is 266 g/mol. The Morgan fingerprint density at radius 1 is 1.61 bits per heavy atom. The zero-order chi connectivity index (χ0) is 13.0. The van der Waals surface area contributed by atoms with E-state index >= 15 is 0 Å². The fourth-order valence-electron chi connectivity index (χ4n) is 1.98. The molecule has 1 aromatic heterocycles. The van der Waals surface area contributed by atoms with Crippen molar-refractivity contribution in [2.75, 3.05) is 24.6 Å². The highest BCUT2D eigenvalue weighted by Crippen LogP contribution is 2.24. The summed E-state index contributed by atoms with van der Waals surface area (Å²) in [5, 5.41) is 6.43. The molecule has 2 rings (SSSR count). The van der Waals surface area contributed by atoms with E-state index in [2.05, 4.69) is 21.7 Å². The Morgan fingerprint density at radius 2 is 2.44 bits per heavy atom. The van der Waals surface area contributed by atoms with Gasteiger partial charge in [-0.1, -0.05) is 23.0 Å². The van der Waals surface area contributed by atoms with Crippen LogP contribution in [0.3, 0.4) is 0 Å². The van der Waals surface area contributed by atoms with Crippen molar-refractivity contribution in [3.63, 3.8) is 0 Å². The van der Waals surface area contributed by atoms with Crippen molar-refractivity contribution >= 4 is 28.2 Å². The summed E-state index contributed by atoms with van der Waals surface area (Å²) in [6, 6.07) is 0. The van der Waals surface area contributed by atoms with Crippen LogP contribution in [0.2, 0.25) is 0 Å². The number of rotatable bonds is 5. The minimum atomic E-state index is -0.134. The van der Waals surface area contributed by atoms with E-state index in [-0.39, 0.29) is 5.91 Å². The van der Waals surface area contributed by atoms with Crippen LogP contribution in [-0.2, 0) is 0 Å². The highest BCUT2D eigenvalue weighted by Gasteiger charge is 2.15. The van der Waals surface area contributed by atoms with Crippen molar-refractivity contribution < 1.29 is 4.79 Å². The Balaban J connectivity index is 1.85. The van der Waals surface area contributed by atoms with Gasteiger partial charge in [0.1, 0.15) is 10.7 Å². The second-order valence-electron chi connectivity index (χ2n) is 4.24. The van der Waals surface area contributed by atoms with Gasteiger partial charge in [0.25, 0.3) is 5.91 Å². The monoisotopic (exact) mass is 266 g/mol. The molecule has 18 heavy (non-hydrogen) atoms. The molecule has 5 nitrogen and oxygen atoms in total. The van der Waals surface area contributed by atoms with Crippen LogP contribution in [-0.4, -0.2) is 24.5 Å². The summed E-state index contributed by atoms with van der Waals surface area (Å²) >= 11 is 1.28. The number of nitrogens with two attached hydrogens (primary N) is 1. The van der Waals surface area contributed by atoms with E-state index < -0.39 is 0 Å². The van der Waals surface area contributed by atoms with Crippen LogP contribution >= 0.6 is 11.3 Å². The standard InChI is InChI=1S/C12H18N4OS/c1-14-12-16-10(13)9(18-12)11(17)15-7-6-8-4-2-3-5-8/h4H,2-3,5-7,13H2,1H3,(H,14,16)(H,15,17). The van der Waals surface area contributed by atoms with E-state index in [1.165, 1.54) is 36.2 Å². The average Bonchev–Trinajstić information content (AvgIpc) is 2.98. The number of amides is 1. The lowest BCUT2D eigenvalue weighted by atomic mass is 10.2. The van der Waals surface area contributed by atoms with Crippen LogP contribution in [0, 0.1) is 0 Å². The number of nitrogen functional groups attached to an aromatic ring is 1. The normalized spacial score (nSPS) is 14.4. The molecule has 0 atom stereocenters. The molecule has 1 aromatic rings. The van der Waals surface area contributed by atoms with Gasteiger partial charge in [0.05, 0.1) is 0 Å². The number of nitrogens with zero attached hydrogens (tertiary/aromatic N) is 1. The van der Waals surface area contributed by atoms with Crippen molar-refractivity contribution in [3.05, 3.63) is 16.5 Å². The number of carbonyl (C=O) groups is 1. The second-order valence-corrected chi connectivity index (χ2v) is 5.24. The first-order valence-electron chi connectivity index (χ1n) is 6.11. The van der Waals surface area contributed by atoms with Gasteiger partial charge in [0, 0.05) is 13.6 Å². The van der Waals surface area contributed by atoms with E-state index in [1.54, 1.807) is 7.05 Å². The highest BCUT2D eigenvalue weighted by molar-refractivity contribution is 7.18. The Hall–Kier alpha value is -1.56. The Kier molecular flexibility index (Phi) is 4.19. The molecule has 1 aliphatic carbocycles. The van der Waals surface area contributed by atoms with Crippen LogP contribution < -0.4 is 16.4 Å². The Bertz CT molecular complexity index is 467. The zero-order valence-corrected chi connectivity index (χ0v) is 11.3. The fourth-order valence-corrected chi connectivity index (χ4v) is 2.74. The van der Waals surface area contributed by atoms with Gasteiger partial charge >= 0.3 is 0 Å². The maximum atomic E-state index is 11.9.